The van der Waals surface area contributed by atoms with Gasteiger partial charge in [0.15, 0.2) is 0 Å². The SMILES string of the molecule is CC1Cc2ccccc2N1C(=O)C(=O)NCC(N)=S. The molecule has 0 saturated carbocycles. The van der Waals surface area contributed by atoms with E-state index in [9.17, 15) is 9.59 Å². The number of anilines is 1. The highest BCUT2D eigenvalue weighted by molar-refractivity contribution is 7.80. The molecule has 1 atom stereocenters. The van der Waals surface area contributed by atoms with E-state index in [2.05, 4.69) is 17.5 Å². The Labute approximate surface area is 116 Å². The van der Waals surface area contributed by atoms with Crippen molar-refractivity contribution in [3.63, 3.8) is 0 Å². The molecule has 1 aliphatic rings. The van der Waals surface area contributed by atoms with Crippen LogP contribution in [0.15, 0.2) is 24.3 Å². The van der Waals surface area contributed by atoms with Gasteiger partial charge in [0, 0.05) is 11.7 Å². The summed E-state index contributed by atoms with van der Waals surface area (Å²) in [6, 6.07) is 7.56. The van der Waals surface area contributed by atoms with Crippen LogP contribution < -0.4 is 16.0 Å². The van der Waals surface area contributed by atoms with E-state index in [4.69, 9.17) is 5.73 Å². The quantitative estimate of drug-likeness (QED) is 0.605. The Hall–Kier alpha value is -1.95. The Morgan fingerprint density at radius 3 is 2.84 bits per heavy atom. The molecule has 3 N–H and O–H groups in total. The third kappa shape index (κ3) is 2.73. The minimum Gasteiger partial charge on any atom is -0.392 e. The zero-order valence-electron chi connectivity index (χ0n) is 10.6. The van der Waals surface area contributed by atoms with Gasteiger partial charge in [-0.25, -0.2) is 0 Å². The second-order valence-corrected chi connectivity index (χ2v) is 5.03. The third-order valence-electron chi connectivity index (χ3n) is 3.04. The number of benzene rings is 1. The summed E-state index contributed by atoms with van der Waals surface area (Å²) in [5, 5.41) is 2.41. The molecule has 1 aliphatic heterocycles. The maximum absolute atomic E-state index is 12.2. The molecule has 1 unspecified atom stereocenters. The van der Waals surface area contributed by atoms with Crippen LogP contribution in [-0.4, -0.2) is 29.4 Å². The minimum absolute atomic E-state index is 0.0273. The fourth-order valence-corrected chi connectivity index (χ4v) is 2.30. The molecule has 0 bridgehead atoms. The first-order valence-corrected chi connectivity index (χ1v) is 6.39. The van der Waals surface area contributed by atoms with E-state index in [0.29, 0.717) is 0 Å². The first-order valence-electron chi connectivity index (χ1n) is 5.98. The van der Waals surface area contributed by atoms with E-state index in [1.807, 2.05) is 31.2 Å². The highest BCUT2D eigenvalue weighted by Gasteiger charge is 2.33. The summed E-state index contributed by atoms with van der Waals surface area (Å²) < 4.78 is 0. The van der Waals surface area contributed by atoms with Crippen molar-refractivity contribution < 1.29 is 9.59 Å². The molecule has 6 heteroatoms. The summed E-state index contributed by atoms with van der Waals surface area (Å²) in [6.07, 6.45) is 0.754. The number of nitrogens with two attached hydrogens (primary N) is 1. The fourth-order valence-electron chi connectivity index (χ4n) is 2.23. The van der Waals surface area contributed by atoms with Gasteiger partial charge in [-0.3, -0.25) is 9.59 Å². The van der Waals surface area contributed by atoms with Crippen molar-refractivity contribution in [3.05, 3.63) is 29.8 Å². The molecule has 0 spiro atoms. The molecule has 2 rings (SSSR count). The Balaban J connectivity index is 2.15. The second-order valence-electron chi connectivity index (χ2n) is 4.51. The molecular weight excluding hydrogens is 262 g/mol. The molecule has 0 aromatic heterocycles. The summed E-state index contributed by atoms with van der Waals surface area (Å²) in [6.45, 7) is 1.95. The van der Waals surface area contributed by atoms with Crippen LogP contribution in [0.2, 0.25) is 0 Å². The molecule has 19 heavy (non-hydrogen) atoms. The summed E-state index contributed by atoms with van der Waals surface area (Å²) in [4.78, 5) is 25.6. The number of hydrogen-bond donors (Lipinski definition) is 2. The standard InChI is InChI=1S/C13H15N3O2S/c1-8-6-9-4-2-3-5-10(9)16(8)13(18)12(17)15-7-11(14)19/h2-5,8H,6-7H2,1H3,(H2,14,19)(H,15,17). The van der Waals surface area contributed by atoms with Crippen molar-refractivity contribution in [2.45, 2.75) is 19.4 Å². The number of nitrogens with zero attached hydrogens (tertiary/aromatic N) is 1. The Morgan fingerprint density at radius 2 is 2.16 bits per heavy atom. The van der Waals surface area contributed by atoms with Crippen LogP contribution in [0.3, 0.4) is 0 Å². The zero-order chi connectivity index (χ0) is 14.0. The highest BCUT2D eigenvalue weighted by Crippen LogP contribution is 2.31. The van der Waals surface area contributed by atoms with Gasteiger partial charge in [-0.05, 0) is 25.0 Å². The van der Waals surface area contributed by atoms with E-state index in [0.717, 1.165) is 17.7 Å². The number of amides is 2. The summed E-state index contributed by atoms with van der Waals surface area (Å²) in [7, 11) is 0. The van der Waals surface area contributed by atoms with E-state index in [1.165, 1.54) is 4.90 Å². The minimum atomic E-state index is -0.684. The van der Waals surface area contributed by atoms with Crippen molar-refractivity contribution in [1.29, 1.82) is 0 Å². The average Bonchev–Trinajstić information content (AvgIpc) is 2.70. The van der Waals surface area contributed by atoms with Crippen LogP contribution in [-0.2, 0) is 16.0 Å². The molecule has 0 radical (unpaired) electrons. The number of thiocarbonyl (C=S) groups is 1. The summed E-state index contributed by atoms with van der Waals surface area (Å²) in [5.41, 5.74) is 7.16. The van der Waals surface area contributed by atoms with Gasteiger partial charge in [-0.15, -0.1) is 0 Å². The van der Waals surface area contributed by atoms with Crippen molar-refractivity contribution in [1.82, 2.24) is 5.32 Å². The van der Waals surface area contributed by atoms with E-state index in [1.54, 1.807) is 0 Å². The lowest BCUT2D eigenvalue weighted by molar-refractivity contribution is -0.137. The summed E-state index contributed by atoms with van der Waals surface area (Å²) >= 11 is 4.66. The predicted molar refractivity (Wildman–Crippen MR) is 76.9 cm³/mol. The second kappa shape index (κ2) is 5.36. The van der Waals surface area contributed by atoms with E-state index < -0.39 is 11.8 Å². The number of carbonyl (C=O) groups is 2. The van der Waals surface area contributed by atoms with Gasteiger partial charge >= 0.3 is 11.8 Å². The topological polar surface area (TPSA) is 75.4 Å². The van der Waals surface area contributed by atoms with Crippen LogP contribution in [0.4, 0.5) is 5.69 Å². The van der Waals surface area contributed by atoms with Crippen LogP contribution in [0.25, 0.3) is 0 Å². The average molecular weight is 277 g/mol. The molecule has 0 saturated heterocycles. The fraction of sp³-hybridized carbons (Fsp3) is 0.308. The zero-order valence-corrected chi connectivity index (χ0v) is 11.4. The first-order chi connectivity index (χ1) is 9.00. The van der Waals surface area contributed by atoms with Crippen molar-refractivity contribution >= 4 is 34.7 Å². The molecule has 0 aliphatic carbocycles. The van der Waals surface area contributed by atoms with Gasteiger partial charge in [0.25, 0.3) is 0 Å². The lowest BCUT2D eigenvalue weighted by Crippen LogP contribution is -2.47. The Bertz CT molecular complexity index is 544. The first kappa shape index (κ1) is 13.5. The van der Waals surface area contributed by atoms with Crippen molar-refractivity contribution in [3.8, 4) is 0 Å². The molecule has 1 aromatic carbocycles. The van der Waals surface area contributed by atoms with Gasteiger partial charge in [-0.2, -0.15) is 0 Å². The number of para-hydroxylation sites is 1. The highest BCUT2D eigenvalue weighted by atomic mass is 32.1. The maximum atomic E-state index is 12.2. The van der Waals surface area contributed by atoms with Crippen LogP contribution in [0.5, 0.6) is 0 Å². The normalized spacial score (nSPS) is 16.9. The number of nitrogens with one attached hydrogen (secondary N) is 1. The predicted octanol–water partition coefficient (Wildman–Crippen LogP) is 0.367. The van der Waals surface area contributed by atoms with Gasteiger partial charge < -0.3 is 16.0 Å². The van der Waals surface area contributed by atoms with Gasteiger partial charge in [-0.1, -0.05) is 30.4 Å². The van der Waals surface area contributed by atoms with Gasteiger partial charge in [0.1, 0.15) is 0 Å². The molecule has 1 aromatic rings. The monoisotopic (exact) mass is 277 g/mol. The summed E-state index contributed by atoms with van der Waals surface area (Å²) in [5.74, 6) is -1.26. The molecule has 5 nitrogen and oxygen atoms in total. The number of hydrogen-bond acceptors (Lipinski definition) is 3. The molecule has 2 amide bonds. The molecule has 100 valence electrons. The Kier molecular flexibility index (Phi) is 3.80. The van der Waals surface area contributed by atoms with Crippen LogP contribution in [0.1, 0.15) is 12.5 Å². The molecular formula is C13H15N3O2S. The number of fused-ring (bicyclic) bond motifs is 1. The smallest absolute Gasteiger partial charge is 0.316 e. The van der Waals surface area contributed by atoms with E-state index >= 15 is 0 Å². The Morgan fingerprint density at radius 1 is 1.47 bits per heavy atom. The van der Waals surface area contributed by atoms with Gasteiger partial charge in [0.2, 0.25) is 0 Å². The third-order valence-corrected chi connectivity index (χ3v) is 3.19. The lowest BCUT2D eigenvalue weighted by atomic mass is 10.1. The van der Waals surface area contributed by atoms with E-state index in [-0.39, 0.29) is 17.6 Å². The number of carbonyl (C=O) groups excluding carboxylic acids is 2. The maximum Gasteiger partial charge on any atom is 0.316 e. The molecule has 0 fully saturated rings. The lowest BCUT2D eigenvalue weighted by Gasteiger charge is -2.21. The largest absolute Gasteiger partial charge is 0.392 e. The van der Waals surface area contributed by atoms with Crippen LogP contribution in [0, 0.1) is 0 Å². The van der Waals surface area contributed by atoms with Gasteiger partial charge in [0.05, 0.1) is 11.5 Å². The number of rotatable bonds is 2. The van der Waals surface area contributed by atoms with Crippen molar-refractivity contribution in [2.24, 2.45) is 5.73 Å². The molecule has 1 heterocycles. The van der Waals surface area contributed by atoms with Crippen molar-refractivity contribution in [2.75, 3.05) is 11.4 Å². The van der Waals surface area contributed by atoms with Crippen LogP contribution >= 0.6 is 12.2 Å².